The van der Waals surface area contributed by atoms with Crippen LogP contribution in [0.25, 0.3) is 0 Å². The predicted octanol–water partition coefficient (Wildman–Crippen LogP) is 1.59. The molecule has 2 saturated heterocycles. The molecule has 100 valence electrons. The molecule has 2 fully saturated rings. The zero-order valence-electron chi connectivity index (χ0n) is 11.6. The Bertz CT molecular complexity index is 222. The number of hydrogen-bond donors (Lipinski definition) is 1. The molecule has 4 atom stereocenters. The van der Waals surface area contributed by atoms with Gasteiger partial charge in [0.25, 0.3) is 0 Å². The van der Waals surface area contributed by atoms with Crippen molar-refractivity contribution in [3.05, 3.63) is 0 Å². The molecule has 1 N–H and O–H groups in total. The van der Waals surface area contributed by atoms with Crippen LogP contribution in [0.3, 0.4) is 0 Å². The van der Waals surface area contributed by atoms with E-state index in [0.717, 1.165) is 37.5 Å². The zero-order valence-corrected chi connectivity index (χ0v) is 11.6. The highest BCUT2D eigenvalue weighted by Gasteiger charge is 2.27. The van der Waals surface area contributed by atoms with Gasteiger partial charge in [-0.05, 0) is 44.2 Å². The molecule has 17 heavy (non-hydrogen) atoms. The van der Waals surface area contributed by atoms with Gasteiger partial charge in [0.05, 0.1) is 6.10 Å². The Labute approximate surface area is 106 Å². The third kappa shape index (κ3) is 3.94. The van der Waals surface area contributed by atoms with Crippen LogP contribution in [-0.4, -0.2) is 50.3 Å². The van der Waals surface area contributed by atoms with E-state index in [2.05, 4.69) is 31.0 Å². The summed E-state index contributed by atoms with van der Waals surface area (Å²) in [4.78, 5) is 2.67. The van der Waals surface area contributed by atoms with Gasteiger partial charge in [0, 0.05) is 26.2 Å². The van der Waals surface area contributed by atoms with Crippen molar-refractivity contribution in [3.63, 3.8) is 0 Å². The SMILES string of the molecule is CC1CNCC(C)CN(CC2CCOC2C)C1. The average Bonchev–Trinajstić information content (AvgIpc) is 2.62. The van der Waals surface area contributed by atoms with Crippen molar-refractivity contribution in [1.82, 2.24) is 10.2 Å². The highest BCUT2D eigenvalue weighted by Crippen LogP contribution is 2.22. The molecule has 4 unspecified atom stereocenters. The maximum atomic E-state index is 5.68. The molecule has 0 aromatic heterocycles. The lowest BCUT2D eigenvalue weighted by atomic mass is 9.99. The molecule has 0 aromatic carbocycles. The van der Waals surface area contributed by atoms with E-state index in [4.69, 9.17) is 4.74 Å². The second-order valence-electron chi connectivity index (χ2n) is 6.21. The Kier molecular flexibility index (Phi) is 4.83. The van der Waals surface area contributed by atoms with Gasteiger partial charge in [-0.2, -0.15) is 0 Å². The molecule has 0 radical (unpaired) electrons. The summed E-state index contributed by atoms with van der Waals surface area (Å²) in [5, 5.41) is 3.56. The van der Waals surface area contributed by atoms with Gasteiger partial charge < -0.3 is 15.0 Å². The summed E-state index contributed by atoms with van der Waals surface area (Å²) in [6.45, 7) is 13.9. The van der Waals surface area contributed by atoms with Crippen molar-refractivity contribution in [3.8, 4) is 0 Å². The fraction of sp³-hybridized carbons (Fsp3) is 1.00. The molecule has 0 aromatic rings. The Hall–Kier alpha value is -0.120. The highest BCUT2D eigenvalue weighted by atomic mass is 16.5. The minimum absolute atomic E-state index is 0.462. The summed E-state index contributed by atoms with van der Waals surface area (Å²) in [6.07, 6.45) is 1.71. The lowest BCUT2D eigenvalue weighted by Gasteiger charge is -2.33. The zero-order chi connectivity index (χ0) is 12.3. The Balaban J connectivity index is 1.87. The summed E-state index contributed by atoms with van der Waals surface area (Å²) >= 11 is 0. The van der Waals surface area contributed by atoms with Crippen molar-refractivity contribution < 1.29 is 4.74 Å². The van der Waals surface area contributed by atoms with Crippen molar-refractivity contribution in [2.45, 2.75) is 33.3 Å². The van der Waals surface area contributed by atoms with Crippen LogP contribution in [0.4, 0.5) is 0 Å². The van der Waals surface area contributed by atoms with Gasteiger partial charge in [-0.25, -0.2) is 0 Å². The van der Waals surface area contributed by atoms with Crippen LogP contribution in [0.5, 0.6) is 0 Å². The molecular weight excluding hydrogens is 212 g/mol. The quantitative estimate of drug-likeness (QED) is 0.793. The first kappa shape index (κ1) is 13.3. The normalized spacial score (nSPS) is 41.1. The van der Waals surface area contributed by atoms with Crippen molar-refractivity contribution in [1.29, 1.82) is 0 Å². The van der Waals surface area contributed by atoms with Crippen LogP contribution in [-0.2, 0) is 4.74 Å². The van der Waals surface area contributed by atoms with Gasteiger partial charge in [0.15, 0.2) is 0 Å². The van der Waals surface area contributed by atoms with Crippen molar-refractivity contribution in [2.24, 2.45) is 17.8 Å². The smallest absolute Gasteiger partial charge is 0.0588 e. The standard InChI is InChI=1S/C14H28N2O/c1-11-6-15-7-12(2)9-16(8-11)10-14-4-5-17-13(14)3/h11-15H,4-10H2,1-3H3. The molecule has 2 rings (SSSR count). The molecule has 0 bridgehead atoms. The van der Waals surface area contributed by atoms with Crippen LogP contribution in [0, 0.1) is 17.8 Å². The Morgan fingerprint density at radius 1 is 1.12 bits per heavy atom. The molecule has 0 saturated carbocycles. The lowest BCUT2D eigenvalue weighted by molar-refractivity contribution is 0.0844. The van der Waals surface area contributed by atoms with E-state index in [0.29, 0.717) is 6.10 Å². The largest absolute Gasteiger partial charge is 0.378 e. The van der Waals surface area contributed by atoms with Gasteiger partial charge in [-0.15, -0.1) is 0 Å². The van der Waals surface area contributed by atoms with Crippen molar-refractivity contribution in [2.75, 3.05) is 39.3 Å². The Morgan fingerprint density at radius 2 is 1.76 bits per heavy atom. The third-order valence-corrected chi connectivity index (χ3v) is 4.15. The highest BCUT2D eigenvalue weighted by molar-refractivity contribution is 4.79. The first-order valence-corrected chi connectivity index (χ1v) is 7.20. The maximum absolute atomic E-state index is 5.68. The molecule has 0 spiro atoms. The van der Waals surface area contributed by atoms with E-state index < -0.39 is 0 Å². The molecular formula is C14H28N2O. The van der Waals surface area contributed by atoms with Gasteiger partial charge >= 0.3 is 0 Å². The first-order chi connectivity index (χ1) is 8.15. The summed E-state index contributed by atoms with van der Waals surface area (Å²) in [5.41, 5.74) is 0. The number of rotatable bonds is 2. The summed E-state index contributed by atoms with van der Waals surface area (Å²) in [6, 6.07) is 0. The van der Waals surface area contributed by atoms with E-state index in [1.165, 1.54) is 26.1 Å². The predicted molar refractivity (Wildman–Crippen MR) is 71.2 cm³/mol. The van der Waals surface area contributed by atoms with E-state index in [1.54, 1.807) is 0 Å². The van der Waals surface area contributed by atoms with E-state index in [1.807, 2.05) is 0 Å². The van der Waals surface area contributed by atoms with Crippen LogP contribution < -0.4 is 5.32 Å². The minimum Gasteiger partial charge on any atom is -0.378 e. The molecule has 2 heterocycles. The van der Waals surface area contributed by atoms with E-state index in [-0.39, 0.29) is 0 Å². The van der Waals surface area contributed by atoms with E-state index >= 15 is 0 Å². The number of nitrogens with one attached hydrogen (secondary N) is 1. The molecule has 2 aliphatic rings. The third-order valence-electron chi connectivity index (χ3n) is 4.15. The van der Waals surface area contributed by atoms with Gasteiger partial charge in [-0.1, -0.05) is 13.8 Å². The van der Waals surface area contributed by atoms with Gasteiger partial charge in [-0.3, -0.25) is 0 Å². The molecule has 2 aliphatic heterocycles. The van der Waals surface area contributed by atoms with Gasteiger partial charge in [0.2, 0.25) is 0 Å². The van der Waals surface area contributed by atoms with E-state index in [9.17, 15) is 0 Å². The lowest BCUT2D eigenvalue weighted by Crippen LogP contribution is -2.44. The maximum Gasteiger partial charge on any atom is 0.0588 e. The number of ether oxygens (including phenoxy) is 1. The summed E-state index contributed by atoms with van der Waals surface area (Å²) < 4.78 is 5.68. The molecule has 3 nitrogen and oxygen atoms in total. The van der Waals surface area contributed by atoms with Crippen LogP contribution >= 0.6 is 0 Å². The Morgan fingerprint density at radius 3 is 2.29 bits per heavy atom. The fourth-order valence-electron chi connectivity index (χ4n) is 3.16. The monoisotopic (exact) mass is 240 g/mol. The molecule has 3 heteroatoms. The van der Waals surface area contributed by atoms with Crippen LogP contribution in [0.2, 0.25) is 0 Å². The van der Waals surface area contributed by atoms with Crippen LogP contribution in [0.1, 0.15) is 27.2 Å². The molecule has 0 amide bonds. The average molecular weight is 240 g/mol. The van der Waals surface area contributed by atoms with Crippen LogP contribution in [0.15, 0.2) is 0 Å². The topological polar surface area (TPSA) is 24.5 Å². The number of hydrogen-bond acceptors (Lipinski definition) is 3. The second-order valence-corrected chi connectivity index (χ2v) is 6.21. The fourth-order valence-corrected chi connectivity index (χ4v) is 3.16. The minimum atomic E-state index is 0.462. The first-order valence-electron chi connectivity index (χ1n) is 7.20. The van der Waals surface area contributed by atoms with Crippen molar-refractivity contribution >= 4 is 0 Å². The molecule has 0 aliphatic carbocycles. The second kappa shape index (κ2) is 6.17. The van der Waals surface area contributed by atoms with Gasteiger partial charge in [0.1, 0.15) is 0 Å². The summed E-state index contributed by atoms with van der Waals surface area (Å²) in [5.74, 6) is 2.28. The summed E-state index contributed by atoms with van der Waals surface area (Å²) in [7, 11) is 0. The number of nitrogens with zero attached hydrogens (tertiary/aromatic N) is 1.